The van der Waals surface area contributed by atoms with Crippen LogP contribution in [0, 0.1) is 0 Å². The third kappa shape index (κ3) is 2.57. The lowest BCUT2D eigenvalue weighted by Gasteiger charge is -2.08. The van der Waals surface area contributed by atoms with Gasteiger partial charge in [-0.2, -0.15) is 0 Å². The highest BCUT2D eigenvalue weighted by Crippen LogP contribution is 2.23. The molecule has 16 heavy (non-hydrogen) atoms. The lowest BCUT2D eigenvalue weighted by molar-refractivity contribution is 0.414. The fraction of sp³-hybridized carbons (Fsp3) is 0.333. The van der Waals surface area contributed by atoms with Crippen LogP contribution in [0.4, 0.5) is 0 Å². The standard InChI is InChI=1S/C12H16N2O.BrH/c1-13(2)8-5-10-6-9-14-7-3-4-11(15)12(10)14;/h3-4,6-7,9,15H,5,8H2,1-2H3;1H. The van der Waals surface area contributed by atoms with E-state index >= 15 is 0 Å². The van der Waals surface area contributed by atoms with Crippen LogP contribution >= 0.6 is 17.0 Å². The van der Waals surface area contributed by atoms with E-state index in [9.17, 15) is 5.11 Å². The van der Waals surface area contributed by atoms with Crippen molar-refractivity contribution >= 4 is 22.5 Å². The topological polar surface area (TPSA) is 27.9 Å². The first-order chi connectivity index (χ1) is 7.18. The predicted octanol–water partition coefficient (Wildman–Crippen LogP) is 2.33. The van der Waals surface area contributed by atoms with Gasteiger partial charge in [-0.25, -0.2) is 0 Å². The molecule has 0 saturated carbocycles. The minimum atomic E-state index is 0. The van der Waals surface area contributed by atoms with Crippen LogP contribution in [0.25, 0.3) is 5.52 Å². The normalized spacial score (nSPS) is 10.7. The van der Waals surface area contributed by atoms with Gasteiger partial charge in [-0.1, -0.05) is 0 Å². The van der Waals surface area contributed by atoms with E-state index in [0.29, 0.717) is 5.75 Å². The number of aromatic hydroxyl groups is 1. The molecule has 0 aliphatic rings. The van der Waals surface area contributed by atoms with Crippen LogP contribution in [0.3, 0.4) is 0 Å². The summed E-state index contributed by atoms with van der Waals surface area (Å²) in [5.74, 6) is 0.358. The van der Waals surface area contributed by atoms with Gasteiger partial charge in [0.2, 0.25) is 0 Å². The van der Waals surface area contributed by atoms with Crippen molar-refractivity contribution in [3.63, 3.8) is 0 Å². The maximum absolute atomic E-state index is 9.77. The van der Waals surface area contributed by atoms with E-state index in [4.69, 9.17) is 0 Å². The highest BCUT2D eigenvalue weighted by Gasteiger charge is 2.06. The van der Waals surface area contributed by atoms with Gasteiger partial charge < -0.3 is 14.4 Å². The molecule has 0 bridgehead atoms. The Balaban J connectivity index is 0.00000128. The average molecular weight is 285 g/mol. The van der Waals surface area contributed by atoms with Crippen LogP contribution in [-0.4, -0.2) is 35.0 Å². The molecule has 0 saturated heterocycles. The van der Waals surface area contributed by atoms with Crippen LogP contribution in [0.5, 0.6) is 5.75 Å². The number of halogens is 1. The van der Waals surface area contributed by atoms with Crippen LogP contribution < -0.4 is 0 Å². The number of hydrogen-bond acceptors (Lipinski definition) is 2. The molecule has 0 fully saturated rings. The summed E-state index contributed by atoms with van der Waals surface area (Å²) in [6.07, 6.45) is 4.90. The van der Waals surface area contributed by atoms with Crippen molar-refractivity contribution in [1.29, 1.82) is 0 Å². The van der Waals surface area contributed by atoms with Crippen molar-refractivity contribution < 1.29 is 5.11 Å². The molecule has 2 rings (SSSR count). The van der Waals surface area contributed by atoms with Gasteiger partial charge in [0.05, 0.1) is 5.52 Å². The lowest BCUT2D eigenvalue weighted by atomic mass is 10.2. The number of hydrogen-bond donors (Lipinski definition) is 1. The summed E-state index contributed by atoms with van der Waals surface area (Å²) in [7, 11) is 4.11. The van der Waals surface area contributed by atoms with E-state index < -0.39 is 0 Å². The summed E-state index contributed by atoms with van der Waals surface area (Å²) in [6, 6.07) is 5.64. The van der Waals surface area contributed by atoms with Gasteiger partial charge in [-0.15, -0.1) is 17.0 Å². The lowest BCUT2D eigenvalue weighted by Crippen LogP contribution is -2.14. The fourth-order valence-electron chi connectivity index (χ4n) is 1.76. The van der Waals surface area contributed by atoms with Gasteiger partial charge in [-0.05, 0) is 44.3 Å². The molecule has 0 amide bonds. The predicted molar refractivity (Wildman–Crippen MR) is 71.6 cm³/mol. The van der Waals surface area contributed by atoms with Gasteiger partial charge in [-0.3, -0.25) is 0 Å². The van der Waals surface area contributed by atoms with Crippen LogP contribution in [-0.2, 0) is 6.42 Å². The maximum atomic E-state index is 9.77. The third-order valence-corrected chi connectivity index (χ3v) is 2.57. The zero-order chi connectivity index (χ0) is 10.8. The first-order valence-electron chi connectivity index (χ1n) is 5.11. The summed E-state index contributed by atoms with van der Waals surface area (Å²) in [5, 5.41) is 9.77. The highest BCUT2D eigenvalue weighted by molar-refractivity contribution is 8.93. The molecule has 0 unspecified atom stereocenters. The second-order valence-electron chi connectivity index (χ2n) is 4.04. The quantitative estimate of drug-likeness (QED) is 0.937. The monoisotopic (exact) mass is 284 g/mol. The molecule has 3 nitrogen and oxygen atoms in total. The van der Waals surface area contributed by atoms with Crippen molar-refractivity contribution in [3.05, 3.63) is 36.2 Å². The fourth-order valence-corrected chi connectivity index (χ4v) is 1.76. The van der Waals surface area contributed by atoms with Crippen molar-refractivity contribution in [2.24, 2.45) is 0 Å². The van der Waals surface area contributed by atoms with Gasteiger partial charge >= 0.3 is 0 Å². The Morgan fingerprint density at radius 2 is 2.00 bits per heavy atom. The summed E-state index contributed by atoms with van der Waals surface area (Å²) >= 11 is 0. The molecule has 1 N–H and O–H groups in total. The van der Waals surface area contributed by atoms with E-state index in [0.717, 1.165) is 18.5 Å². The van der Waals surface area contributed by atoms with Crippen molar-refractivity contribution in [3.8, 4) is 5.75 Å². The van der Waals surface area contributed by atoms with E-state index in [1.54, 1.807) is 6.07 Å². The number of pyridine rings is 1. The van der Waals surface area contributed by atoms with E-state index in [-0.39, 0.29) is 17.0 Å². The summed E-state index contributed by atoms with van der Waals surface area (Å²) in [5.41, 5.74) is 2.13. The number of fused-ring (bicyclic) bond motifs is 1. The summed E-state index contributed by atoms with van der Waals surface area (Å²) < 4.78 is 1.96. The van der Waals surface area contributed by atoms with Crippen LogP contribution in [0.1, 0.15) is 5.56 Å². The Labute approximate surface area is 106 Å². The number of aromatic nitrogens is 1. The molecule has 4 heteroatoms. The molecule has 0 aromatic carbocycles. The summed E-state index contributed by atoms with van der Waals surface area (Å²) in [4.78, 5) is 2.14. The molecule has 0 aliphatic heterocycles. The maximum Gasteiger partial charge on any atom is 0.139 e. The smallest absolute Gasteiger partial charge is 0.139 e. The zero-order valence-corrected chi connectivity index (χ0v) is 11.3. The van der Waals surface area contributed by atoms with Crippen LogP contribution in [0.15, 0.2) is 30.6 Å². The molecule has 2 aromatic heterocycles. The first-order valence-corrected chi connectivity index (χ1v) is 5.11. The number of likely N-dealkylation sites (N-methyl/N-ethyl adjacent to an activating group) is 1. The van der Waals surface area contributed by atoms with Crippen LogP contribution in [0.2, 0.25) is 0 Å². The molecule has 0 atom stereocenters. The highest BCUT2D eigenvalue weighted by atomic mass is 79.9. The van der Waals surface area contributed by atoms with Crippen molar-refractivity contribution in [1.82, 2.24) is 9.30 Å². The third-order valence-electron chi connectivity index (χ3n) is 2.57. The Morgan fingerprint density at radius 3 is 2.69 bits per heavy atom. The molecule has 88 valence electrons. The van der Waals surface area contributed by atoms with Gasteiger partial charge in [0, 0.05) is 18.9 Å². The minimum Gasteiger partial charge on any atom is -0.506 e. The van der Waals surface area contributed by atoms with Crippen molar-refractivity contribution in [2.75, 3.05) is 20.6 Å². The largest absolute Gasteiger partial charge is 0.506 e. The van der Waals surface area contributed by atoms with E-state index in [1.165, 1.54) is 5.56 Å². The molecule has 0 spiro atoms. The Kier molecular flexibility index (Phi) is 4.38. The SMILES string of the molecule is Br.CN(C)CCc1ccn2cccc(O)c12. The van der Waals surface area contributed by atoms with Gasteiger partial charge in [0.25, 0.3) is 0 Å². The summed E-state index contributed by atoms with van der Waals surface area (Å²) in [6.45, 7) is 0.994. The molecule has 0 aliphatic carbocycles. The van der Waals surface area contributed by atoms with Gasteiger partial charge in [0.15, 0.2) is 0 Å². The molecular formula is C12H17BrN2O. The Morgan fingerprint density at radius 1 is 1.25 bits per heavy atom. The van der Waals surface area contributed by atoms with Gasteiger partial charge in [0.1, 0.15) is 5.75 Å². The second-order valence-corrected chi connectivity index (χ2v) is 4.04. The Hall–Kier alpha value is -1.00. The number of rotatable bonds is 3. The van der Waals surface area contributed by atoms with E-state index in [2.05, 4.69) is 25.1 Å². The van der Waals surface area contributed by atoms with Crippen molar-refractivity contribution in [2.45, 2.75) is 6.42 Å². The molecule has 2 aromatic rings. The Bertz CT molecular complexity index is 465. The minimum absolute atomic E-state index is 0. The average Bonchev–Trinajstić information content (AvgIpc) is 2.59. The molecular weight excluding hydrogens is 268 g/mol. The number of nitrogens with zero attached hydrogens (tertiary/aromatic N) is 2. The zero-order valence-electron chi connectivity index (χ0n) is 9.55. The second kappa shape index (κ2) is 5.37. The molecule has 2 heterocycles. The molecule has 0 radical (unpaired) electrons. The van der Waals surface area contributed by atoms with E-state index in [1.807, 2.05) is 22.9 Å². The first kappa shape index (κ1) is 13.1.